The molecule has 52 heavy (non-hydrogen) atoms. The summed E-state index contributed by atoms with van der Waals surface area (Å²) in [6.45, 7) is 4.62. The van der Waals surface area contributed by atoms with Gasteiger partial charge in [-0.2, -0.15) is 0 Å². The summed E-state index contributed by atoms with van der Waals surface area (Å²) in [6.07, 6.45) is 35.9. The van der Waals surface area contributed by atoms with E-state index in [9.17, 15) is 9.59 Å². The predicted molar refractivity (Wildman–Crippen MR) is 219 cm³/mol. The Hall–Kier alpha value is -2.94. The van der Waals surface area contributed by atoms with Crippen molar-refractivity contribution in [2.24, 2.45) is 35.5 Å². The number of benzene rings is 2. The topological polar surface area (TPSA) is 43.4 Å². The van der Waals surface area contributed by atoms with Gasteiger partial charge in [0.15, 0.2) is 0 Å². The second-order valence-electron chi connectivity index (χ2n) is 17.0. The van der Waals surface area contributed by atoms with E-state index in [2.05, 4.69) is 86.7 Å². The lowest BCUT2D eigenvalue weighted by Gasteiger charge is -2.27. The highest BCUT2D eigenvalue weighted by atomic mass is 16.5. The van der Waals surface area contributed by atoms with E-state index >= 15 is 0 Å². The Morgan fingerprint density at radius 2 is 0.942 bits per heavy atom. The standard InChI is InChI=1S/C25H36O2.C24H34O/c1-3-4-19-5-7-20(8-6-19)9-10-21-11-13-22(14-12-21)23-15-17-24(18-16-23)25(26)27-2;1-2-3-19-4-6-20(7-5-19)8-9-21-10-14-23(15-11-21)24-16-12-22(18-25)13-17-24/h9-14,19-20,23-24H,3-8,15-18H2,1-2H3;8-11,14-15,18-20,22,24H,2-7,12-13,16-17H2,1H3. The molecule has 4 aliphatic rings. The molecule has 0 atom stereocenters. The average Bonchev–Trinajstić information content (AvgIpc) is 3.21. The van der Waals surface area contributed by atoms with Crippen molar-refractivity contribution >= 4 is 24.4 Å². The number of aldehydes is 1. The van der Waals surface area contributed by atoms with E-state index in [1.807, 2.05) is 0 Å². The van der Waals surface area contributed by atoms with Crippen molar-refractivity contribution in [3.8, 4) is 0 Å². The zero-order chi connectivity index (χ0) is 36.5. The second-order valence-corrected chi connectivity index (χ2v) is 17.0. The third-order valence-corrected chi connectivity index (χ3v) is 13.3. The molecule has 3 heteroatoms. The van der Waals surface area contributed by atoms with Gasteiger partial charge < -0.3 is 9.53 Å². The van der Waals surface area contributed by atoms with Crippen LogP contribution in [0.25, 0.3) is 12.2 Å². The van der Waals surface area contributed by atoms with Crippen molar-refractivity contribution < 1.29 is 14.3 Å². The maximum absolute atomic E-state index is 11.7. The molecule has 0 N–H and O–H groups in total. The van der Waals surface area contributed by atoms with Gasteiger partial charge in [0.05, 0.1) is 13.0 Å². The van der Waals surface area contributed by atoms with Crippen LogP contribution < -0.4 is 0 Å². The van der Waals surface area contributed by atoms with Gasteiger partial charge in [-0.25, -0.2) is 0 Å². The van der Waals surface area contributed by atoms with Crippen LogP contribution in [0.3, 0.4) is 0 Å². The van der Waals surface area contributed by atoms with E-state index in [1.165, 1.54) is 119 Å². The van der Waals surface area contributed by atoms with Crippen LogP contribution in [0, 0.1) is 35.5 Å². The van der Waals surface area contributed by atoms with E-state index in [0.29, 0.717) is 17.8 Å². The van der Waals surface area contributed by atoms with Gasteiger partial charge in [-0.3, -0.25) is 4.79 Å². The minimum atomic E-state index is -0.0299. The van der Waals surface area contributed by atoms with Crippen LogP contribution in [0.5, 0.6) is 0 Å². The highest BCUT2D eigenvalue weighted by Gasteiger charge is 2.28. The summed E-state index contributed by atoms with van der Waals surface area (Å²) in [5, 5.41) is 0. The summed E-state index contributed by atoms with van der Waals surface area (Å²) in [5.74, 6) is 5.17. The molecule has 0 amide bonds. The van der Waals surface area contributed by atoms with E-state index in [0.717, 1.165) is 68.5 Å². The Balaban J connectivity index is 0.000000202. The van der Waals surface area contributed by atoms with Crippen molar-refractivity contribution in [1.29, 1.82) is 0 Å². The number of carbonyl (C=O) groups is 2. The fourth-order valence-electron chi connectivity index (χ4n) is 9.83. The van der Waals surface area contributed by atoms with Crippen LogP contribution in [-0.2, 0) is 14.3 Å². The molecular formula is C49H70O3. The van der Waals surface area contributed by atoms with E-state index in [-0.39, 0.29) is 11.9 Å². The molecule has 4 saturated carbocycles. The summed E-state index contributed by atoms with van der Waals surface area (Å²) in [4.78, 5) is 22.6. The fraction of sp³-hybridized carbons (Fsp3) is 0.633. The largest absolute Gasteiger partial charge is 0.469 e. The van der Waals surface area contributed by atoms with Gasteiger partial charge in [0.25, 0.3) is 0 Å². The Labute approximate surface area is 317 Å². The van der Waals surface area contributed by atoms with Crippen molar-refractivity contribution in [1.82, 2.24) is 0 Å². The molecule has 284 valence electrons. The van der Waals surface area contributed by atoms with Crippen molar-refractivity contribution in [3.63, 3.8) is 0 Å². The van der Waals surface area contributed by atoms with Gasteiger partial charge >= 0.3 is 5.97 Å². The molecule has 0 bridgehead atoms. The fourth-order valence-corrected chi connectivity index (χ4v) is 9.83. The zero-order valence-electron chi connectivity index (χ0n) is 33.0. The first kappa shape index (κ1) is 40.2. The van der Waals surface area contributed by atoms with Gasteiger partial charge in [0.1, 0.15) is 6.29 Å². The Kier molecular flexibility index (Phi) is 16.8. The van der Waals surface area contributed by atoms with Crippen molar-refractivity contribution in [2.75, 3.05) is 7.11 Å². The van der Waals surface area contributed by atoms with Gasteiger partial charge in [-0.05, 0) is 160 Å². The summed E-state index contributed by atoms with van der Waals surface area (Å²) in [6, 6.07) is 18.3. The highest BCUT2D eigenvalue weighted by Crippen LogP contribution is 2.38. The normalized spacial score (nSPS) is 29.7. The maximum Gasteiger partial charge on any atom is 0.308 e. The molecule has 0 heterocycles. The Morgan fingerprint density at radius 3 is 1.31 bits per heavy atom. The summed E-state index contributed by atoms with van der Waals surface area (Å²) >= 11 is 0. The highest BCUT2D eigenvalue weighted by molar-refractivity contribution is 5.72. The summed E-state index contributed by atoms with van der Waals surface area (Å²) in [7, 11) is 1.50. The molecule has 0 unspecified atom stereocenters. The monoisotopic (exact) mass is 707 g/mol. The second kappa shape index (κ2) is 21.7. The molecule has 3 nitrogen and oxygen atoms in total. The van der Waals surface area contributed by atoms with Crippen LogP contribution in [0.2, 0.25) is 0 Å². The van der Waals surface area contributed by atoms with Crippen LogP contribution in [0.4, 0.5) is 0 Å². The van der Waals surface area contributed by atoms with Crippen LogP contribution in [0.15, 0.2) is 60.7 Å². The molecule has 0 spiro atoms. The van der Waals surface area contributed by atoms with Crippen molar-refractivity contribution in [2.45, 2.75) is 154 Å². The molecule has 2 aromatic carbocycles. The number of carbonyl (C=O) groups excluding carboxylic acids is 2. The number of esters is 1. The third-order valence-electron chi connectivity index (χ3n) is 13.3. The first-order chi connectivity index (χ1) is 25.5. The summed E-state index contributed by atoms with van der Waals surface area (Å²) < 4.78 is 4.89. The number of methoxy groups -OCH3 is 1. The van der Waals surface area contributed by atoms with Gasteiger partial charge in [0.2, 0.25) is 0 Å². The van der Waals surface area contributed by atoms with Crippen LogP contribution in [0.1, 0.15) is 176 Å². The first-order valence-electron chi connectivity index (χ1n) is 21.6. The van der Waals surface area contributed by atoms with E-state index < -0.39 is 0 Å². The number of hydrogen-bond donors (Lipinski definition) is 0. The first-order valence-corrected chi connectivity index (χ1v) is 21.6. The van der Waals surface area contributed by atoms with E-state index in [4.69, 9.17) is 4.74 Å². The molecule has 0 saturated heterocycles. The lowest BCUT2D eigenvalue weighted by atomic mass is 9.78. The molecule has 6 rings (SSSR count). The van der Waals surface area contributed by atoms with Gasteiger partial charge in [-0.1, -0.05) is 112 Å². The summed E-state index contributed by atoms with van der Waals surface area (Å²) in [5.41, 5.74) is 5.54. The van der Waals surface area contributed by atoms with E-state index in [1.54, 1.807) is 0 Å². The quantitative estimate of drug-likeness (QED) is 0.163. The number of ether oxygens (including phenoxy) is 1. The lowest BCUT2D eigenvalue weighted by Crippen LogP contribution is -2.22. The number of rotatable bonds is 12. The zero-order valence-corrected chi connectivity index (χ0v) is 33.0. The van der Waals surface area contributed by atoms with Crippen molar-refractivity contribution in [3.05, 3.63) is 82.9 Å². The maximum atomic E-state index is 11.7. The van der Waals surface area contributed by atoms with Crippen LogP contribution >= 0.6 is 0 Å². The van der Waals surface area contributed by atoms with Gasteiger partial charge in [-0.15, -0.1) is 0 Å². The minimum absolute atomic E-state index is 0.0299. The average molecular weight is 707 g/mol. The Morgan fingerprint density at radius 1 is 0.558 bits per heavy atom. The SMILES string of the molecule is CCCC1CCC(C=Cc2ccc(C3CCC(C(=O)OC)CC3)cc2)CC1.CCCC1CCC(C=Cc2ccc(C3CCC(C=O)CC3)cc2)CC1. The molecule has 4 aliphatic carbocycles. The molecular weight excluding hydrogens is 637 g/mol. The Bertz CT molecular complexity index is 1350. The van der Waals surface area contributed by atoms with Gasteiger partial charge in [0, 0.05) is 5.92 Å². The molecule has 0 aromatic heterocycles. The smallest absolute Gasteiger partial charge is 0.308 e. The molecule has 2 aromatic rings. The molecule has 0 aliphatic heterocycles. The predicted octanol–water partition coefficient (Wildman–Crippen LogP) is 13.5. The van der Waals surface area contributed by atoms with Crippen LogP contribution in [-0.4, -0.2) is 19.4 Å². The lowest BCUT2D eigenvalue weighted by molar-refractivity contribution is -0.146. The number of hydrogen-bond acceptors (Lipinski definition) is 3. The minimum Gasteiger partial charge on any atom is -0.469 e. The molecule has 4 fully saturated rings. The molecule has 0 radical (unpaired) electrons. The third kappa shape index (κ3) is 12.6. The number of allylic oxidation sites excluding steroid dienone is 2.